The van der Waals surface area contributed by atoms with Gasteiger partial charge in [-0.05, 0) is 42.7 Å². The fourth-order valence-corrected chi connectivity index (χ4v) is 6.42. The number of piperazine rings is 1. The fourth-order valence-electron chi connectivity index (χ4n) is 4.43. The van der Waals surface area contributed by atoms with Crippen molar-refractivity contribution < 1.29 is 17.5 Å². The second kappa shape index (κ2) is 7.56. The van der Waals surface area contributed by atoms with E-state index in [0.29, 0.717) is 29.0 Å². The maximum atomic E-state index is 13.8. The van der Waals surface area contributed by atoms with E-state index in [1.165, 1.54) is 29.2 Å². The molecule has 2 bridgehead atoms. The van der Waals surface area contributed by atoms with Gasteiger partial charge in [-0.1, -0.05) is 29.5 Å². The molecule has 158 valence electrons. The predicted octanol–water partition coefficient (Wildman–Crippen LogP) is 3.49. The number of benzene rings is 2. The summed E-state index contributed by atoms with van der Waals surface area (Å²) in [6, 6.07) is 13.2. The third-order valence-electron chi connectivity index (χ3n) is 5.90. The van der Waals surface area contributed by atoms with E-state index in [4.69, 9.17) is 4.74 Å². The van der Waals surface area contributed by atoms with E-state index in [2.05, 4.69) is 9.88 Å². The zero-order chi connectivity index (χ0) is 20.9. The van der Waals surface area contributed by atoms with Gasteiger partial charge in [-0.15, -0.1) is 0 Å². The second-order valence-electron chi connectivity index (χ2n) is 7.93. The number of aromatic nitrogens is 1. The lowest BCUT2D eigenvalue weighted by Crippen LogP contribution is -2.48. The Balaban J connectivity index is 1.18. The standard InChI is InChI=1S/C21H22FN3O3S2/c1-30(26,27)25-13-15-11-16(25)12-24(15)10-9-14-5-7-17(8-6-14)28-21-23-20-18(22)3-2-4-19(20)29-21/h2-8,15-16H,9-13H2,1H3/t15?,16-/m1/s1. The lowest BCUT2D eigenvalue weighted by molar-refractivity contribution is 0.184. The van der Waals surface area contributed by atoms with Gasteiger partial charge in [0.15, 0.2) is 0 Å². The molecule has 0 aliphatic carbocycles. The van der Waals surface area contributed by atoms with Crippen LogP contribution in [0.2, 0.25) is 0 Å². The molecule has 0 radical (unpaired) electrons. The first kappa shape index (κ1) is 19.9. The third kappa shape index (κ3) is 3.82. The maximum Gasteiger partial charge on any atom is 0.279 e. The summed E-state index contributed by atoms with van der Waals surface area (Å²) in [5.74, 6) is 0.325. The Kier molecular flexibility index (Phi) is 5.01. The smallest absolute Gasteiger partial charge is 0.279 e. The quantitative estimate of drug-likeness (QED) is 0.579. The van der Waals surface area contributed by atoms with Crippen molar-refractivity contribution >= 4 is 31.6 Å². The number of nitrogens with zero attached hydrogens (tertiary/aromatic N) is 3. The molecule has 6 nitrogen and oxygen atoms in total. The zero-order valence-corrected chi connectivity index (χ0v) is 18.1. The van der Waals surface area contributed by atoms with Crippen LogP contribution in [0.25, 0.3) is 10.2 Å². The topological polar surface area (TPSA) is 62.7 Å². The molecular weight excluding hydrogens is 425 g/mol. The number of sulfonamides is 1. The Bertz CT molecular complexity index is 1180. The lowest BCUT2D eigenvalue weighted by atomic mass is 10.1. The monoisotopic (exact) mass is 447 g/mol. The second-order valence-corrected chi connectivity index (χ2v) is 10.9. The van der Waals surface area contributed by atoms with Gasteiger partial charge >= 0.3 is 0 Å². The first-order valence-corrected chi connectivity index (χ1v) is 12.6. The minimum atomic E-state index is -3.10. The molecule has 2 aliphatic rings. The van der Waals surface area contributed by atoms with Gasteiger partial charge in [-0.2, -0.15) is 9.29 Å². The van der Waals surface area contributed by atoms with Gasteiger partial charge in [-0.3, -0.25) is 4.90 Å². The Morgan fingerprint density at radius 1 is 1.17 bits per heavy atom. The number of fused-ring (bicyclic) bond motifs is 3. The van der Waals surface area contributed by atoms with Crippen LogP contribution in [0.15, 0.2) is 42.5 Å². The number of para-hydroxylation sites is 1. The molecule has 9 heteroatoms. The van der Waals surface area contributed by atoms with E-state index < -0.39 is 10.0 Å². The maximum absolute atomic E-state index is 13.8. The molecule has 0 amide bonds. The van der Waals surface area contributed by atoms with Gasteiger partial charge in [-0.25, -0.2) is 12.8 Å². The van der Waals surface area contributed by atoms with Crippen LogP contribution in [0.1, 0.15) is 12.0 Å². The van der Waals surface area contributed by atoms with Crippen molar-refractivity contribution in [2.75, 3.05) is 25.9 Å². The molecule has 2 aromatic carbocycles. The van der Waals surface area contributed by atoms with Gasteiger partial charge in [0, 0.05) is 31.7 Å². The van der Waals surface area contributed by atoms with Crippen molar-refractivity contribution in [3.8, 4) is 10.9 Å². The van der Waals surface area contributed by atoms with E-state index in [9.17, 15) is 12.8 Å². The number of ether oxygens (including phenoxy) is 1. The molecule has 3 heterocycles. The summed E-state index contributed by atoms with van der Waals surface area (Å²) in [5.41, 5.74) is 1.53. The van der Waals surface area contributed by atoms with Gasteiger partial charge in [0.1, 0.15) is 17.1 Å². The average molecular weight is 448 g/mol. The van der Waals surface area contributed by atoms with Crippen LogP contribution in [0.3, 0.4) is 0 Å². The van der Waals surface area contributed by atoms with Crippen LogP contribution < -0.4 is 4.74 Å². The Morgan fingerprint density at radius 3 is 2.63 bits per heavy atom. The minimum absolute atomic E-state index is 0.124. The van der Waals surface area contributed by atoms with Crippen molar-refractivity contribution in [3.05, 3.63) is 53.8 Å². The number of rotatable bonds is 6. The van der Waals surface area contributed by atoms with Gasteiger partial charge in [0.2, 0.25) is 10.0 Å². The normalized spacial score (nSPS) is 22.2. The molecule has 2 atom stereocenters. The van der Waals surface area contributed by atoms with E-state index in [1.807, 2.05) is 30.3 Å². The molecule has 2 fully saturated rings. The summed E-state index contributed by atoms with van der Waals surface area (Å²) < 4.78 is 45.6. The van der Waals surface area contributed by atoms with Gasteiger partial charge in [0.05, 0.1) is 11.0 Å². The highest BCUT2D eigenvalue weighted by molar-refractivity contribution is 7.88. The molecule has 0 N–H and O–H groups in total. The lowest BCUT2D eigenvalue weighted by Gasteiger charge is -2.32. The fraction of sp³-hybridized carbons (Fsp3) is 0.381. The molecule has 0 saturated carbocycles. The molecule has 5 rings (SSSR count). The van der Waals surface area contributed by atoms with Gasteiger partial charge in [0.25, 0.3) is 5.19 Å². The largest absolute Gasteiger partial charge is 0.431 e. The zero-order valence-electron chi connectivity index (χ0n) is 16.5. The molecule has 2 aliphatic heterocycles. The van der Waals surface area contributed by atoms with E-state index in [-0.39, 0.29) is 11.9 Å². The highest BCUT2D eigenvalue weighted by Gasteiger charge is 2.46. The summed E-state index contributed by atoms with van der Waals surface area (Å²) >= 11 is 1.32. The number of hydrogen-bond acceptors (Lipinski definition) is 6. The first-order valence-electron chi connectivity index (χ1n) is 9.89. The summed E-state index contributed by atoms with van der Waals surface area (Å²) in [7, 11) is -3.10. The van der Waals surface area contributed by atoms with Crippen LogP contribution in [0, 0.1) is 5.82 Å². The molecule has 2 saturated heterocycles. The van der Waals surface area contributed by atoms with Crippen molar-refractivity contribution in [3.63, 3.8) is 0 Å². The van der Waals surface area contributed by atoms with Crippen LogP contribution in [0.4, 0.5) is 4.39 Å². The molecular formula is C21H22FN3O3S2. The molecule has 3 aromatic rings. The Hall–Kier alpha value is -2.07. The van der Waals surface area contributed by atoms with Crippen molar-refractivity contribution in [2.45, 2.75) is 24.9 Å². The van der Waals surface area contributed by atoms with Crippen molar-refractivity contribution in [2.24, 2.45) is 0 Å². The van der Waals surface area contributed by atoms with E-state index in [1.54, 1.807) is 10.4 Å². The van der Waals surface area contributed by atoms with Crippen molar-refractivity contribution in [1.82, 2.24) is 14.2 Å². The summed E-state index contributed by atoms with van der Waals surface area (Å²) in [6.07, 6.45) is 3.13. The van der Waals surface area contributed by atoms with Crippen molar-refractivity contribution in [1.29, 1.82) is 0 Å². The number of halogens is 1. The van der Waals surface area contributed by atoms with E-state index in [0.717, 1.165) is 30.6 Å². The number of hydrogen-bond donors (Lipinski definition) is 0. The molecule has 30 heavy (non-hydrogen) atoms. The molecule has 0 spiro atoms. The first-order chi connectivity index (χ1) is 14.4. The Labute approximate surface area is 178 Å². The minimum Gasteiger partial charge on any atom is -0.431 e. The number of likely N-dealkylation sites (tertiary alicyclic amines) is 1. The van der Waals surface area contributed by atoms with Crippen LogP contribution >= 0.6 is 11.3 Å². The molecule has 1 aromatic heterocycles. The summed E-state index contributed by atoms with van der Waals surface area (Å²) in [4.78, 5) is 6.63. The average Bonchev–Trinajstić information content (AvgIpc) is 3.41. The summed E-state index contributed by atoms with van der Waals surface area (Å²) in [6.45, 7) is 2.34. The Morgan fingerprint density at radius 2 is 1.97 bits per heavy atom. The highest BCUT2D eigenvalue weighted by atomic mass is 32.2. The summed E-state index contributed by atoms with van der Waals surface area (Å²) in [5, 5.41) is 0.423. The molecule has 1 unspecified atom stereocenters. The van der Waals surface area contributed by atoms with Crippen LogP contribution in [0.5, 0.6) is 10.9 Å². The highest BCUT2D eigenvalue weighted by Crippen LogP contribution is 2.34. The van der Waals surface area contributed by atoms with Gasteiger partial charge < -0.3 is 4.74 Å². The predicted molar refractivity (Wildman–Crippen MR) is 115 cm³/mol. The third-order valence-corrected chi connectivity index (χ3v) is 8.09. The van der Waals surface area contributed by atoms with Crippen LogP contribution in [-0.4, -0.2) is 60.6 Å². The van der Waals surface area contributed by atoms with E-state index >= 15 is 0 Å². The van der Waals surface area contributed by atoms with Crippen LogP contribution in [-0.2, 0) is 16.4 Å². The SMILES string of the molecule is CS(=O)(=O)N1CC2C[C@@H]1CN2CCc1ccc(Oc2nc3c(F)cccc3s2)cc1. The number of thiazole rings is 1.